The molecule has 1 aromatic rings. The van der Waals surface area contributed by atoms with Crippen molar-refractivity contribution in [2.45, 2.75) is 39.5 Å². The van der Waals surface area contributed by atoms with Crippen LogP contribution in [0.25, 0.3) is 0 Å². The van der Waals surface area contributed by atoms with Crippen molar-refractivity contribution >= 4 is 23.5 Å². The summed E-state index contributed by atoms with van der Waals surface area (Å²) in [5.74, 6) is -1.43. The number of hydrogen-bond donors (Lipinski definition) is 2. The summed E-state index contributed by atoms with van der Waals surface area (Å²) < 4.78 is 0. The SMILES string of the molecule is CC(C)CC(CNC(=O)CCN1C(=O)CCc2ccccc21)C(=O)O. The van der Waals surface area contributed by atoms with E-state index < -0.39 is 11.9 Å². The minimum atomic E-state index is -0.894. The minimum absolute atomic E-state index is 0.0229. The highest BCUT2D eigenvalue weighted by Gasteiger charge is 2.24. The third-order valence-electron chi connectivity index (χ3n) is 4.40. The van der Waals surface area contributed by atoms with Gasteiger partial charge in [0.25, 0.3) is 0 Å². The predicted octanol–water partition coefficient (Wildman–Crippen LogP) is 2.22. The van der Waals surface area contributed by atoms with E-state index in [4.69, 9.17) is 0 Å². The van der Waals surface area contributed by atoms with Crippen LogP contribution >= 0.6 is 0 Å². The lowest BCUT2D eigenvalue weighted by atomic mass is 9.97. The standard InChI is InChI=1S/C19H26N2O4/c1-13(2)11-15(19(24)25)12-20-17(22)9-10-21-16-6-4-3-5-14(16)7-8-18(21)23/h3-6,13,15H,7-12H2,1-2H3,(H,20,22)(H,24,25). The Hall–Kier alpha value is -2.37. The number of aliphatic carboxylic acids is 1. The molecule has 1 unspecified atom stereocenters. The number of fused-ring (bicyclic) bond motifs is 1. The van der Waals surface area contributed by atoms with Crippen LogP contribution in [0.15, 0.2) is 24.3 Å². The Morgan fingerprint density at radius 2 is 1.96 bits per heavy atom. The number of benzene rings is 1. The quantitative estimate of drug-likeness (QED) is 0.756. The summed E-state index contributed by atoms with van der Waals surface area (Å²) in [5, 5.41) is 11.9. The molecular formula is C19H26N2O4. The Morgan fingerprint density at radius 3 is 2.64 bits per heavy atom. The van der Waals surface area contributed by atoms with Crippen molar-refractivity contribution in [2.75, 3.05) is 18.0 Å². The van der Waals surface area contributed by atoms with Crippen molar-refractivity contribution in [3.8, 4) is 0 Å². The first-order valence-corrected chi connectivity index (χ1v) is 8.76. The Labute approximate surface area is 148 Å². The van der Waals surface area contributed by atoms with Crippen molar-refractivity contribution in [3.05, 3.63) is 29.8 Å². The molecule has 6 nitrogen and oxygen atoms in total. The highest BCUT2D eigenvalue weighted by Crippen LogP contribution is 2.27. The first-order valence-electron chi connectivity index (χ1n) is 8.76. The van der Waals surface area contributed by atoms with Gasteiger partial charge in [0.1, 0.15) is 0 Å². The average Bonchev–Trinajstić information content (AvgIpc) is 2.57. The van der Waals surface area contributed by atoms with Gasteiger partial charge in [-0.3, -0.25) is 14.4 Å². The van der Waals surface area contributed by atoms with Gasteiger partial charge in [-0.05, 0) is 30.4 Å². The lowest BCUT2D eigenvalue weighted by molar-refractivity contribution is -0.142. The molecule has 2 rings (SSSR count). The summed E-state index contributed by atoms with van der Waals surface area (Å²) in [7, 11) is 0. The van der Waals surface area contributed by atoms with Crippen LogP contribution < -0.4 is 10.2 Å². The monoisotopic (exact) mass is 346 g/mol. The molecule has 0 radical (unpaired) electrons. The largest absolute Gasteiger partial charge is 0.481 e. The summed E-state index contributed by atoms with van der Waals surface area (Å²) in [6.07, 6.45) is 1.86. The van der Waals surface area contributed by atoms with Crippen LogP contribution in [0.4, 0.5) is 5.69 Å². The lowest BCUT2D eigenvalue weighted by Crippen LogP contribution is -2.39. The number of anilines is 1. The fourth-order valence-corrected chi connectivity index (χ4v) is 3.12. The van der Waals surface area contributed by atoms with Gasteiger partial charge in [-0.15, -0.1) is 0 Å². The van der Waals surface area contributed by atoms with E-state index in [9.17, 15) is 19.5 Å². The highest BCUT2D eigenvalue weighted by molar-refractivity contribution is 5.97. The molecule has 0 bridgehead atoms. The summed E-state index contributed by atoms with van der Waals surface area (Å²) in [6, 6.07) is 7.72. The van der Waals surface area contributed by atoms with E-state index in [1.165, 1.54) is 0 Å². The second-order valence-electron chi connectivity index (χ2n) is 6.89. The van der Waals surface area contributed by atoms with Crippen LogP contribution in [0, 0.1) is 11.8 Å². The lowest BCUT2D eigenvalue weighted by Gasteiger charge is -2.29. The molecule has 1 heterocycles. The molecular weight excluding hydrogens is 320 g/mol. The van der Waals surface area contributed by atoms with Gasteiger partial charge in [0.15, 0.2) is 0 Å². The third kappa shape index (κ3) is 5.31. The number of carbonyl (C=O) groups is 3. The number of para-hydroxylation sites is 1. The second kappa shape index (κ2) is 8.65. The van der Waals surface area contributed by atoms with Gasteiger partial charge in [-0.1, -0.05) is 32.0 Å². The zero-order valence-electron chi connectivity index (χ0n) is 14.8. The average molecular weight is 346 g/mol. The van der Waals surface area contributed by atoms with Gasteiger partial charge in [-0.2, -0.15) is 0 Å². The van der Waals surface area contributed by atoms with Crippen molar-refractivity contribution in [2.24, 2.45) is 11.8 Å². The number of amides is 2. The van der Waals surface area contributed by atoms with Gasteiger partial charge in [0.05, 0.1) is 5.92 Å². The molecule has 1 aliphatic heterocycles. The summed E-state index contributed by atoms with van der Waals surface area (Å²) in [6.45, 7) is 4.34. The molecule has 2 amide bonds. The minimum Gasteiger partial charge on any atom is -0.481 e. The fraction of sp³-hybridized carbons (Fsp3) is 0.526. The van der Waals surface area contributed by atoms with Crippen LogP contribution in [0.5, 0.6) is 0 Å². The molecule has 2 N–H and O–H groups in total. The molecule has 0 saturated carbocycles. The molecule has 25 heavy (non-hydrogen) atoms. The molecule has 1 atom stereocenters. The fourth-order valence-electron chi connectivity index (χ4n) is 3.12. The highest BCUT2D eigenvalue weighted by atomic mass is 16.4. The van der Waals surface area contributed by atoms with Gasteiger partial charge in [0.2, 0.25) is 11.8 Å². The Kier molecular flexibility index (Phi) is 6.56. The van der Waals surface area contributed by atoms with Gasteiger partial charge in [-0.25, -0.2) is 0 Å². The first kappa shape index (κ1) is 19.0. The topological polar surface area (TPSA) is 86.7 Å². The maximum Gasteiger partial charge on any atom is 0.308 e. The van der Waals surface area contributed by atoms with E-state index in [1.807, 2.05) is 38.1 Å². The zero-order chi connectivity index (χ0) is 18.4. The molecule has 0 saturated heterocycles. The summed E-state index contributed by atoms with van der Waals surface area (Å²) in [4.78, 5) is 37.1. The molecule has 1 aliphatic rings. The van der Waals surface area contributed by atoms with Crippen molar-refractivity contribution in [1.29, 1.82) is 0 Å². The third-order valence-corrected chi connectivity index (χ3v) is 4.40. The number of hydrogen-bond acceptors (Lipinski definition) is 3. The molecule has 1 aromatic carbocycles. The number of aryl methyl sites for hydroxylation is 1. The van der Waals surface area contributed by atoms with E-state index in [0.717, 1.165) is 17.7 Å². The maximum absolute atomic E-state index is 12.2. The smallest absolute Gasteiger partial charge is 0.308 e. The van der Waals surface area contributed by atoms with Crippen LogP contribution in [0.3, 0.4) is 0 Å². The normalized spacial score (nSPS) is 15.0. The van der Waals surface area contributed by atoms with Crippen molar-refractivity contribution < 1.29 is 19.5 Å². The maximum atomic E-state index is 12.2. The number of nitrogens with zero attached hydrogens (tertiary/aromatic N) is 1. The number of carboxylic acid groups (broad SMARTS) is 1. The zero-order valence-corrected chi connectivity index (χ0v) is 14.8. The van der Waals surface area contributed by atoms with Gasteiger partial charge >= 0.3 is 5.97 Å². The van der Waals surface area contributed by atoms with Crippen LogP contribution in [0.1, 0.15) is 38.7 Å². The van der Waals surface area contributed by atoms with Crippen LogP contribution in [0.2, 0.25) is 0 Å². The van der Waals surface area contributed by atoms with Crippen molar-refractivity contribution in [1.82, 2.24) is 5.32 Å². The van der Waals surface area contributed by atoms with E-state index in [2.05, 4.69) is 5.32 Å². The van der Waals surface area contributed by atoms with Crippen molar-refractivity contribution in [3.63, 3.8) is 0 Å². The van der Waals surface area contributed by atoms with E-state index in [1.54, 1.807) is 4.90 Å². The molecule has 0 aromatic heterocycles. The van der Waals surface area contributed by atoms with Crippen LogP contribution in [-0.2, 0) is 20.8 Å². The Morgan fingerprint density at radius 1 is 1.24 bits per heavy atom. The molecule has 6 heteroatoms. The van der Waals surface area contributed by atoms with E-state index in [0.29, 0.717) is 19.4 Å². The van der Waals surface area contributed by atoms with Gasteiger partial charge in [0, 0.05) is 31.6 Å². The number of nitrogens with one attached hydrogen (secondary N) is 1. The van der Waals surface area contributed by atoms with E-state index >= 15 is 0 Å². The summed E-state index contributed by atoms with van der Waals surface area (Å²) >= 11 is 0. The Bertz CT molecular complexity index is 642. The molecule has 136 valence electrons. The Balaban J connectivity index is 1.87. The number of rotatable bonds is 8. The molecule has 0 spiro atoms. The second-order valence-corrected chi connectivity index (χ2v) is 6.89. The van der Waals surface area contributed by atoms with E-state index in [-0.39, 0.29) is 30.7 Å². The molecule has 0 aliphatic carbocycles. The number of carbonyl (C=O) groups excluding carboxylic acids is 2. The van der Waals surface area contributed by atoms with Crippen LogP contribution in [-0.4, -0.2) is 36.0 Å². The van der Waals surface area contributed by atoms with Gasteiger partial charge < -0.3 is 15.3 Å². The molecule has 0 fully saturated rings. The summed E-state index contributed by atoms with van der Waals surface area (Å²) in [5.41, 5.74) is 1.99. The number of carboxylic acids is 1. The predicted molar refractivity (Wildman–Crippen MR) is 95.3 cm³/mol. The first-order chi connectivity index (χ1) is 11.9.